The summed E-state index contributed by atoms with van der Waals surface area (Å²) in [5.74, 6) is -0.935. The molecule has 2 aliphatic heterocycles. The molecule has 0 spiro atoms. The summed E-state index contributed by atoms with van der Waals surface area (Å²) >= 11 is 0. The zero-order chi connectivity index (χ0) is 19.4. The van der Waals surface area contributed by atoms with Gasteiger partial charge in [0.1, 0.15) is 0 Å². The van der Waals surface area contributed by atoms with Crippen LogP contribution in [0.5, 0.6) is 5.75 Å². The number of nitrogens with zero attached hydrogens (tertiary/aromatic N) is 3. The summed E-state index contributed by atoms with van der Waals surface area (Å²) in [4.78, 5) is 30.4. The number of halogens is 1. The first kappa shape index (κ1) is 19.4. The first-order chi connectivity index (χ1) is 12.9. The van der Waals surface area contributed by atoms with Crippen molar-refractivity contribution in [2.75, 3.05) is 45.8 Å². The minimum absolute atomic E-state index is 0.174. The van der Waals surface area contributed by atoms with Crippen LogP contribution in [0.1, 0.15) is 31.4 Å². The summed E-state index contributed by atoms with van der Waals surface area (Å²) < 4.78 is 13.5. The molecule has 7 nitrogen and oxygen atoms in total. The van der Waals surface area contributed by atoms with E-state index in [4.69, 9.17) is 0 Å². The normalized spacial score (nSPS) is 19.2. The molecule has 2 aliphatic rings. The Kier molecular flexibility index (Phi) is 6.15. The predicted molar refractivity (Wildman–Crippen MR) is 98.8 cm³/mol. The number of likely N-dealkylation sites (tertiary alicyclic amines) is 1. The van der Waals surface area contributed by atoms with E-state index in [1.807, 2.05) is 4.90 Å². The number of hydrogen-bond donors (Lipinski definition) is 2. The number of benzene rings is 1. The third-order valence-corrected chi connectivity index (χ3v) is 5.29. The number of hydrogen-bond acceptors (Lipinski definition) is 4. The molecule has 1 unspecified atom stereocenters. The molecule has 1 atom stereocenters. The lowest BCUT2D eigenvalue weighted by atomic mass is 10.1. The van der Waals surface area contributed by atoms with Crippen molar-refractivity contribution in [3.05, 3.63) is 29.6 Å². The summed E-state index contributed by atoms with van der Waals surface area (Å²) in [5, 5.41) is 12.1. The van der Waals surface area contributed by atoms with Crippen molar-refractivity contribution in [1.82, 2.24) is 20.0 Å². The molecule has 0 saturated carbocycles. The van der Waals surface area contributed by atoms with Crippen molar-refractivity contribution in [2.45, 2.75) is 25.8 Å². The number of phenols is 1. The molecule has 148 valence electrons. The molecule has 27 heavy (non-hydrogen) atoms. The van der Waals surface area contributed by atoms with E-state index in [2.05, 4.69) is 10.2 Å². The lowest BCUT2D eigenvalue weighted by molar-refractivity contribution is -0.131. The zero-order valence-electron chi connectivity index (χ0n) is 15.7. The molecule has 2 fully saturated rings. The molecule has 2 N–H and O–H groups in total. The van der Waals surface area contributed by atoms with Gasteiger partial charge in [-0.25, -0.2) is 9.18 Å². The number of piperazine rings is 1. The van der Waals surface area contributed by atoms with Crippen LogP contribution in [0.2, 0.25) is 0 Å². The molecular weight excluding hydrogens is 351 g/mol. The van der Waals surface area contributed by atoms with Crippen LogP contribution in [0.15, 0.2) is 18.2 Å². The van der Waals surface area contributed by atoms with Gasteiger partial charge in [0.25, 0.3) is 0 Å². The van der Waals surface area contributed by atoms with E-state index in [9.17, 15) is 19.1 Å². The third kappa shape index (κ3) is 4.88. The lowest BCUT2D eigenvalue weighted by Gasteiger charge is -2.35. The van der Waals surface area contributed by atoms with E-state index in [1.165, 1.54) is 12.1 Å². The minimum Gasteiger partial charge on any atom is -0.505 e. The Morgan fingerprint density at radius 2 is 1.78 bits per heavy atom. The average molecular weight is 378 g/mol. The van der Waals surface area contributed by atoms with Gasteiger partial charge < -0.3 is 20.2 Å². The van der Waals surface area contributed by atoms with Gasteiger partial charge >= 0.3 is 6.03 Å². The van der Waals surface area contributed by atoms with Crippen molar-refractivity contribution < 1.29 is 19.1 Å². The van der Waals surface area contributed by atoms with E-state index in [0.29, 0.717) is 38.3 Å². The Balaban J connectivity index is 1.45. The van der Waals surface area contributed by atoms with Crippen molar-refractivity contribution in [3.63, 3.8) is 0 Å². The molecule has 1 aromatic carbocycles. The van der Waals surface area contributed by atoms with E-state index >= 15 is 0 Å². The fraction of sp³-hybridized carbons (Fsp3) is 0.579. The molecule has 0 radical (unpaired) electrons. The van der Waals surface area contributed by atoms with Crippen LogP contribution >= 0.6 is 0 Å². The number of nitrogens with one attached hydrogen (secondary N) is 1. The fourth-order valence-electron chi connectivity index (χ4n) is 3.52. The molecule has 3 amide bonds. The Bertz CT molecular complexity index is 686. The summed E-state index contributed by atoms with van der Waals surface area (Å²) in [6.07, 6.45) is 2.17. The van der Waals surface area contributed by atoms with Gasteiger partial charge in [0.2, 0.25) is 5.91 Å². The summed E-state index contributed by atoms with van der Waals surface area (Å²) in [7, 11) is 0. The van der Waals surface area contributed by atoms with Gasteiger partial charge in [-0.05, 0) is 37.5 Å². The van der Waals surface area contributed by atoms with Gasteiger partial charge in [0.05, 0.1) is 12.6 Å². The maximum atomic E-state index is 13.5. The van der Waals surface area contributed by atoms with Gasteiger partial charge in [-0.2, -0.15) is 0 Å². The van der Waals surface area contributed by atoms with Crippen LogP contribution in [-0.2, 0) is 4.79 Å². The van der Waals surface area contributed by atoms with Gasteiger partial charge in [0.15, 0.2) is 11.6 Å². The predicted octanol–water partition coefficient (Wildman–Crippen LogP) is 1.54. The van der Waals surface area contributed by atoms with Crippen LogP contribution in [0.3, 0.4) is 0 Å². The highest BCUT2D eigenvalue weighted by molar-refractivity contribution is 5.78. The molecule has 2 heterocycles. The van der Waals surface area contributed by atoms with E-state index in [0.717, 1.165) is 25.9 Å². The Hall–Kier alpha value is -2.35. The Labute approximate surface area is 158 Å². The van der Waals surface area contributed by atoms with Crippen LogP contribution in [-0.4, -0.2) is 77.6 Å². The highest BCUT2D eigenvalue weighted by Gasteiger charge is 2.26. The zero-order valence-corrected chi connectivity index (χ0v) is 15.7. The fourth-order valence-corrected chi connectivity index (χ4v) is 3.52. The van der Waals surface area contributed by atoms with Crippen molar-refractivity contribution in [2.24, 2.45) is 0 Å². The number of carbonyl (C=O) groups excluding carboxylic acids is 2. The van der Waals surface area contributed by atoms with Gasteiger partial charge in [-0.3, -0.25) is 9.69 Å². The summed E-state index contributed by atoms with van der Waals surface area (Å²) in [6.45, 7) is 6.33. The number of amides is 3. The van der Waals surface area contributed by atoms with E-state index in [-0.39, 0.29) is 18.0 Å². The van der Waals surface area contributed by atoms with Crippen LogP contribution in [0, 0.1) is 5.82 Å². The van der Waals surface area contributed by atoms with Crippen molar-refractivity contribution >= 4 is 11.9 Å². The first-order valence-electron chi connectivity index (χ1n) is 9.48. The number of urea groups is 1. The molecule has 0 bridgehead atoms. The quantitative estimate of drug-likeness (QED) is 0.833. The van der Waals surface area contributed by atoms with Gasteiger partial charge in [0, 0.05) is 39.3 Å². The molecule has 3 rings (SSSR count). The number of carbonyl (C=O) groups is 2. The molecule has 0 aliphatic carbocycles. The van der Waals surface area contributed by atoms with Crippen LogP contribution in [0.25, 0.3) is 0 Å². The van der Waals surface area contributed by atoms with Crippen molar-refractivity contribution in [3.8, 4) is 5.75 Å². The smallest absolute Gasteiger partial charge is 0.317 e. The Morgan fingerprint density at radius 1 is 1.11 bits per heavy atom. The average Bonchev–Trinajstić information content (AvgIpc) is 3.19. The maximum Gasteiger partial charge on any atom is 0.317 e. The van der Waals surface area contributed by atoms with Crippen LogP contribution < -0.4 is 5.32 Å². The highest BCUT2D eigenvalue weighted by Crippen LogP contribution is 2.21. The molecular formula is C19H27FN4O3. The summed E-state index contributed by atoms with van der Waals surface area (Å²) in [5.41, 5.74) is 0.591. The highest BCUT2D eigenvalue weighted by atomic mass is 19.1. The largest absolute Gasteiger partial charge is 0.505 e. The van der Waals surface area contributed by atoms with Gasteiger partial charge in [-0.15, -0.1) is 0 Å². The Morgan fingerprint density at radius 3 is 2.41 bits per heavy atom. The third-order valence-electron chi connectivity index (χ3n) is 5.29. The molecule has 8 heteroatoms. The van der Waals surface area contributed by atoms with E-state index in [1.54, 1.807) is 17.9 Å². The first-order valence-corrected chi connectivity index (χ1v) is 9.48. The summed E-state index contributed by atoms with van der Waals surface area (Å²) in [6, 6.07) is 3.51. The second-order valence-electron chi connectivity index (χ2n) is 7.23. The lowest BCUT2D eigenvalue weighted by Crippen LogP contribution is -2.53. The maximum absolute atomic E-state index is 13.5. The number of phenolic OH excluding ortho intramolecular Hbond substituents is 1. The second-order valence-corrected chi connectivity index (χ2v) is 7.23. The number of aromatic hydroxyl groups is 1. The SMILES string of the molecule is CC(NC(=O)N1CCN(CC(=O)N2CCCC2)CC1)c1ccc(O)c(F)c1. The molecule has 2 saturated heterocycles. The standard InChI is InChI=1S/C19H27FN4O3/c1-14(15-4-5-17(25)16(20)12-15)21-19(27)24-10-8-22(9-11-24)13-18(26)23-6-2-3-7-23/h4-5,12,14,25H,2-3,6-11,13H2,1H3,(H,21,27). The monoisotopic (exact) mass is 378 g/mol. The second kappa shape index (κ2) is 8.56. The minimum atomic E-state index is -0.704. The van der Waals surface area contributed by atoms with Gasteiger partial charge in [-0.1, -0.05) is 6.07 Å². The van der Waals surface area contributed by atoms with Crippen molar-refractivity contribution in [1.29, 1.82) is 0 Å². The van der Waals surface area contributed by atoms with Crippen LogP contribution in [0.4, 0.5) is 9.18 Å². The topological polar surface area (TPSA) is 76.1 Å². The molecule has 0 aromatic heterocycles. The number of rotatable bonds is 4. The molecule has 1 aromatic rings. The van der Waals surface area contributed by atoms with E-state index < -0.39 is 11.6 Å².